The molecule has 110 valence electrons. The van der Waals surface area contributed by atoms with E-state index < -0.39 is 17.8 Å². The number of hydrogen-bond donors (Lipinski definition) is 2. The van der Waals surface area contributed by atoms with Crippen molar-refractivity contribution in [3.63, 3.8) is 0 Å². The summed E-state index contributed by atoms with van der Waals surface area (Å²) >= 11 is 0. The minimum atomic E-state index is -4.50. The Morgan fingerprint density at radius 2 is 2.10 bits per heavy atom. The van der Waals surface area contributed by atoms with Gasteiger partial charge in [0, 0.05) is 6.54 Å². The van der Waals surface area contributed by atoms with Crippen LogP contribution < -0.4 is 5.32 Å². The van der Waals surface area contributed by atoms with Gasteiger partial charge in [-0.3, -0.25) is 0 Å². The first-order valence-corrected chi connectivity index (χ1v) is 5.98. The highest BCUT2D eigenvalue weighted by Gasteiger charge is 2.31. The maximum atomic E-state index is 12.6. The molecule has 0 aliphatic heterocycles. The maximum absolute atomic E-state index is 12.6. The van der Waals surface area contributed by atoms with Crippen LogP contribution in [0.1, 0.15) is 23.0 Å². The molecule has 0 spiro atoms. The van der Waals surface area contributed by atoms with E-state index in [0.717, 1.165) is 18.2 Å². The Morgan fingerprint density at radius 1 is 1.33 bits per heavy atom. The number of rotatable bonds is 4. The molecule has 7 heteroatoms. The van der Waals surface area contributed by atoms with Gasteiger partial charge in [-0.15, -0.1) is 0 Å². The highest BCUT2D eigenvalue weighted by molar-refractivity contribution is 5.59. The minimum absolute atomic E-state index is 0.00750. The van der Waals surface area contributed by atoms with Gasteiger partial charge in [-0.25, -0.2) is 0 Å². The normalized spacial score (nSPS) is 12.7. The summed E-state index contributed by atoms with van der Waals surface area (Å²) in [7, 11) is 0. The molecule has 0 aliphatic rings. The molecular weight excluding hydrogens is 285 g/mol. The fraction of sp³-hybridized carbons (Fsp3) is 0.214. The Bertz CT molecular complexity index is 645. The number of benzene rings is 1. The summed E-state index contributed by atoms with van der Waals surface area (Å²) in [4.78, 5) is 0. The van der Waals surface area contributed by atoms with Gasteiger partial charge >= 0.3 is 6.18 Å². The second kappa shape index (κ2) is 5.89. The smallest absolute Gasteiger partial charge is 0.416 e. The van der Waals surface area contributed by atoms with Crippen LogP contribution in [0.2, 0.25) is 0 Å². The van der Waals surface area contributed by atoms with Gasteiger partial charge in [0.1, 0.15) is 17.9 Å². The van der Waals surface area contributed by atoms with Crippen LogP contribution in [-0.2, 0) is 6.18 Å². The standard InChI is InChI=1S/C14H11F3N2O2/c15-14(16,17)10-3-4-11(9(6-10)7-18)19-8-12(20)13-2-1-5-21-13/h1-6,12,19-20H,8H2. The fourth-order valence-electron chi connectivity index (χ4n) is 1.76. The van der Waals surface area contributed by atoms with E-state index in [1.165, 1.54) is 6.26 Å². The maximum Gasteiger partial charge on any atom is 0.416 e. The van der Waals surface area contributed by atoms with Crippen LogP contribution >= 0.6 is 0 Å². The number of nitriles is 1. The van der Waals surface area contributed by atoms with Gasteiger partial charge in [0.25, 0.3) is 0 Å². The third kappa shape index (κ3) is 3.55. The second-order valence-electron chi connectivity index (χ2n) is 4.28. The van der Waals surface area contributed by atoms with Crippen molar-refractivity contribution in [1.82, 2.24) is 0 Å². The number of nitrogens with one attached hydrogen (secondary N) is 1. The Kier molecular flexibility index (Phi) is 4.19. The SMILES string of the molecule is N#Cc1cc(C(F)(F)F)ccc1NCC(O)c1ccco1. The molecule has 0 fully saturated rings. The minimum Gasteiger partial charge on any atom is -0.467 e. The van der Waals surface area contributed by atoms with Gasteiger partial charge in [0.15, 0.2) is 0 Å². The molecule has 2 rings (SSSR count). The second-order valence-corrected chi connectivity index (χ2v) is 4.28. The zero-order valence-electron chi connectivity index (χ0n) is 10.7. The van der Waals surface area contributed by atoms with E-state index in [0.29, 0.717) is 5.76 Å². The van der Waals surface area contributed by atoms with Crippen LogP contribution in [0.15, 0.2) is 41.0 Å². The first-order valence-electron chi connectivity index (χ1n) is 5.98. The van der Waals surface area contributed by atoms with E-state index in [1.807, 2.05) is 0 Å². The average Bonchev–Trinajstić information content (AvgIpc) is 2.97. The van der Waals surface area contributed by atoms with E-state index in [1.54, 1.807) is 18.2 Å². The first-order chi connectivity index (χ1) is 9.91. The summed E-state index contributed by atoms with van der Waals surface area (Å²) in [5.74, 6) is 0.327. The Hall–Kier alpha value is -2.46. The van der Waals surface area contributed by atoms with Crippen LogP contribution in [-0.4, -0.2) is 11.7 Å². The predicted molar refractivity (Wildman–Crippen MR) is 68.3 cm³/mol. The number of aliphatic hydroxyl groups is 1. The van der Waals surface area contributed by atoms with Crippen molar-refractivity contribution in [3.8, 4) is 6.07 Å². The van der Waals surface area contributed by atoms with Crippen molar-refractivity contribution in [2.45, 2.75) is 12.3 Å². The summed E-state index contributed by atoms with van der Waals surface area (Å²) in [6.45, 7) is 0.00750. The summed E-state index contributed by atoms with van der Waals surface area (Å²) in [6, 6.07) is 7.69. The summed E-state index contributed by atoms with van der Waals surface area (Å²) < 4.78 is 42.7. The molecule has 4 nitrogen and oxygen atoms in total. The van der Waals surface area contributed by atoms with Gasteiger partial charge in [-0.1, -0.05) is 0 Å². The van der Waals surface area contributed by atoms with Crippen LogP contribution in [0, 0.1) is 11.3 Å². The molecule has 0 radical (unpaired) electrons. The molecule has 1 atom stereocenters. The van der Waals surface area contributed by atoms with E-state index in [9.17, 15) is 18.3 Å². The van der Waals surface area contributed by atoms with Crippen molar-refractivity contribution in [2.24, 2.45) is 0 Å². The van der Waals surface area contributed by atoms with E-state index in [-0.39, 0.29) is 17.8 Å². The largest absolute Gasteiger partial charge is 0.467 e. The van der Waals surface area contributed by atoms with Crippen LogP contribution in [0.5, 0.6) is 0 Å². The van der Waals surface area contributed by atoms with Gasteiger partial charge in [0.2, 0.25) is 0 Å². The number of nitrogens with zero attached hydrogens (tertiary/aromatic N) is 1. The number of anilines is 1. The highest BCUT2D eigenvalue weighted by atomic mass is 19.4. The van der Waals surface area contributed by atoms with E-state index >= 15 is 0 Å². The van der Waals surface area contributed by atoms with Gasteiger partial charge in [0.05, 0.1) is 23.1 Å². The number of furan rings is 1. The predicted octanol–water partition coefficient (Wildman–Crippen LogP) is 3.32. The Morgan fingerprint density at radius 3 is 2.67 bits per heavy atom. The van der Waals surface area contributed by atoms with Crippen molar-refractivity contribution in [3.05, 3.63) is 53.5 Å². The molecule has 1 aromatic carbocycles. The zero-order valence-corrected chi connectivity index (χ0v) is 10.7. The van der Waals surface area contributed by atoms with Gasteiger partial charge in [-0.05, 0) is 30.3 Å². The third-order valence-corrected chi connectivity index (χ3v) is 2.82. The summed E-state index contributed by atoms with van der Waals surface area (Å²) in [5.41, 5.74) is -0.816. The quantitative estimate of drug-likeness (QED) is 0.908. The summed E-state index contributed by atoms with van der Waals surface area (Å²) in [6.07, 6.45) is -4.07. The molecule has 0 amide bonds. The number of hydrogen-bond acceptors (Lipinski definition) is 4. The topological polar surface area (TPSA) is 69.2 Å². The molecule has 0 bridgehead atoms. The lowest BCUT2D eigenvalue weighted by Gasteiger charge is -2.13. The fourth-order valence-corrected chi connectivity index (χ4v) is 1.76. The van der Waals surface area contributed by atoms with Crippen LogP contribution in [0.3, 0.4) is 0 Å². The van der Waals surface area contributed by atoms with Gasteiger partial charge < -0.3 is 14.8 Å². The molecule has 1 aromatic heterocycles. The number of halogens is 3. The van der Waals surface area contributed by atoms with Crippen molar-refractivity contribution in [2.75, 3.05) is 11.9 Å². The van der Waals surface area contributed by atoms with E-state index in [4.69, 9.17) is 9.68 Å². The lowest BCUT2D eigenvalue weighted by atomic mass is 10.1. The molecular formula is C14H11F3N2O2. The lowest BCUT2D eigenvalue weighted by Crippen LogP contribution is -2.13. The number of aliphatic hydroxyl groups excluding tert-OH is 1. The molecule has 21 heavy (non-hydrogen) atoms. The average molecular weight is 296 g/mol. The molecule has 0 aliphatic carbocycles. The zero-order chi connectivity index (χ0) is 15.5. The molecule has 2 N–H and O–H groups in total. The van der Waals surface area contributed by atoms with Crippen LogP contribution in [0.25, 0.3) is 0 Å². The molecule has 1 heterocycles. The Labute approximate surface area is 118 Å². The molecule has 1 unspecified atom stereocenters. The van der Waals surface area contributed by atoms with Crippen molar-refractivity contribution < 1.29 is 22.7 Å². The first kappa shape index (κ1) is 14.9. The van der Waals surface area contributed by atoms with E-state index in [2.05, 4.69) is 5.32 Å². The third-order valence-electron chi connectivity index (χ3n) is 2.82. The summed E-state index contributed by atoms with van der Waals surface area (Å²) in [5, 5.41) is 21.4. The molecule has 0 saturated carbocycles. The van der Waals surface area contributed by atoms with Crippen molar-refractivity contribution in [1.29, 1.82) is 5.26 Å². The van der Waals surface area contributed by atoms with Gasteiger partial charge in [-0.2, -0.15) is 18.4 Å². The number of alkyl halides is 3. The van der Waals surface area contributed by atoms with Crippen LogP contribution in [0.4, 0.5) is 18.9 Å². The molecule has 2 aromatic rings. The Balaban J connectivity index is 2.12. The monoisotopic (exact) mass is 296 g/mol. The molecule has 0 saturated heterocycles. The van der Waals surface area contributed by atoms with Crippen molar-refractivity contribution >= 4 is 5.69 Å². The lowest BCUT2D eigenvalue weighted by molar-refractivity contribution is -0.137. The highest BCUT2D eigenvalue weighted by Crippen LogP contribution is 2.31.